The van der Waals surface area contributed by atoms with Crippen LogP contribution in [0.3, 0.4) is 0 Å². The van der Waals surface area contributed by atoms with Gasteiger partial charge in [0.2, 0.25) is 0 Å². The summed E-state index contributed by atoms with van der Waals surface area (Å²) in [6, 6.07) is 9.33. The average molecular weight is 270 g/mol. The number of rotatable bonds is 4. The van der Waals surface area contributed by atoms with Crippen LogP contribution in [0.2, 0.25) is 0 Å². The van der Waals surface area contributed by atoms with Crippen molar-refractivity contribution in [1.29, 1.82) is 0 Å². The van der Waals surface area contributed by atoms with Crippen molar-refractivity contribution in [3.05, 3.63) is 70.0 Å². The first kappa shape index (κ1) is 13.3. The van der Waals surface area contributed by atoms with Gasteiger partial charge in [0.05, 0.1) is 22.3 Å². The van der Waals surface area contributed by atoms with Crippen molar-refractivity contribution in [3.8, 4) is 0 Å². The van der Waals surface area contributed by atoms with Gasteiger partial charge in [-0.15, -0.1) is 0 Å². The zero-order valence-corrected chi connectivity index (χ0v) is 10.3. The van der Waals surface area contributed by atoms with Crippen molar-refractivity contribution in [1.82, 2.24) is 10.4 Å². The molecule has 0 fully saturated rings. The molecular weight excluding hydrogens is 260 g/mol. The van der Waals surface area contributed by atoms with Crippen LogP contribution in [0.15, 0.2) is 53.9 Å². The third-order valence-electron chi connectivity index (χ3n) is 2.43. The molecule has 20 heavy (non-hydrogen) atoms. The molecule has 1 aromatic heterocycles. The smallest absolute Gasteiger partial charge is 0.267 e. The van der Waals surface area contributed by atoms with Gasteiger partial charge in [-0.05, 0) is 18.2 Å². The number of nitro groups is 1. The maximum atomic E-state index is 11.7. The van der Waals surface area contributed by atoms with E-state index < -0.39 is 10.8 Å². The van der Waals surface area contributed by atoms with Gasteiger partial charge >= 0.3 is 0 Å². The number of hydrogen-bond acceptors (Lipinski definition) is 5. The molecule has 100 valence electrons. The van der Waals surface area contributed by atoms with E-state index in [4.69, 9.17) is 0 Å². The van der Waals surface area contributed by atoms with Gasteiger partial charge < -0.3 is 0 Å². The molecule has 0 unspecified atom stereocenters. The highest BCUT2D eigenvalue weighted by Gasteiger charge is 2.10. The van der Waals surface area contributed by atoms with Crippen LogP contribution >= 0.6 is 0 Å². The molecule has 0 aliphatic carbocycles. The van der Waals surface area contributed by atoms with Crippen molar-refractivity contribution in [2.24, 2.45) is 5.10 Å². The Hall–Kier alpha value is -3.09. The number of nitrogens with one attached hydrogen (secondary N) is 1. The summed E-state index contributed by atoms with van der Waals surface area (Å²) in [6.07, 6.45) is 4.18. The normalized spacial score (nSPS) is 10.4. The highest BCUT2D eigenvalue weighted by atomic mass is 16.6. The fraction of sp³-hybridized carbons (Fsp3) is 0. The highest BCUT2D eigenvalue weighted by molar-refractivity contribution is 5.94. The van der Waals surface area contributed by atoms with E-state index in [-0.39, 0.29) is 5.69 Å². The molecule has 0 bridgehead atoms. The van der Waals surface area contributed by atoms with Crippen molar-refractivity contribution in [2.45, 2.75) is 0 Å². The molecule has 1 aromatic carbocycles. The second kappa shape index (κ2) is 6.19. The number of benzene rings is 1. The molecule has 0 saturated heterocycles. The number of carbonyl (C=O) groups is 1. The first-order valence-corrected chi connectivity index (χ1v) is 5.65. The average Bonchev–Trinajstić information content (AvgIpc) is 2.48. The van der Waals surface area contributed by atoms with Gasteiger partial charge in [-0.1, -0.05) is 12.1 Å². The molecule has 2 rings (SSSR count). The largest absolute Gasteiger partial charge is 0.278 e. The van der Waals surface area contributed by atoms with Gasteiger partial charge in [-0.25, -0.2) is 5.43 Å². The first-order valence-electron chi connectivity index (χ1n) is 5.65. The van der Waals surface area contributed by atoms with Gasteiger partial charge in [0.1, 0.15) is 0 Å². The molecule has 7 heteroatoms. The Balaban J connectivity index is 2.08. The third kappa shape index (κ3) is 3.22. The van der Waals surface area contributed by atoms with E-state index in [1.165, 1.54) is 24.5 Å². The molecular formula is C13H10N4O3. The molecule has 0 aliphatic rings. The number of hydrogen-bond donors (Lipinski definition) is 1. The van der Waals surface area contributed by atoms with Crippen LogP contribution < -0.4 is 5.43 Å². The zero-order chi connectivity index (χ0) is 14.4. The molecule has 1 N–H and O–H groups in total. The fourth-order valence-electron chi connectivity index (χ4n) is 1.49. The predicted molar refractivity (Wildman–Crippen MR) is 72.4 cm³/mol. The van der Waals surface area contributed by atoms with Crippen LogP contribution in [0.1, 0.15) is 15.9 Å². The van der Waals surface area contributed by atoms with Crippen molar-refractivity contribution < 1.29 is 9.72 Å². The number of amides is 1. The van der Waals surface area contributed by atoms with E-state index >= 15 is 0 Å². The second-order valence-electron chi connectivity index (χ2n) is 3.76. The Morgan fingerprint density at radius 1 is 1.30 bits per heavy atom. The summed E-state index contributed by atoms with van der Waals surface area (Å²) in [5, 5.41) is 14.5. The van der Waals surface area contributed by atoms with Crippen LogP contribution in [0.4, 0.5) is 5.69 Å². The molecule has 0 atom stereocenters. The Labute approximate surface area is 114 Å². The van der Waals surface area contributed by atoms with Crippen molar-refractivity contribution in [2.75, 3.05) is 0 Å². The SMILES string of the molecule is O=C(NN=Cc1ccccc1[N+](=O)[O-])c1cccnc1. The molecule has 0 aliphatic heterocycles. The highest BCUT2D eigenvalue weighted by Crippen LogP contribution is 2.14. The first-order chi connectivity index (χ1) is 9.68. The van der Waals surface area contributed by atoms with Crippen LogP contribution in [0.5, 0.6) is 0 Å². The maximum absolute atomic E-state index is 11.7. The fourth-order valence-corrected chi connectivity index (χ4v) is 1.49. The number of carbonyl (C=O) groups excluding carboxylic acids is 1. The summed E-state index contributed by atoms with van der Waals surface area (Å²) in [4.78, 5) is 25.7. The second-order valence-corrected chi connectivity index (χ2v) is 3.76. The van der Waals surface area contributed by atoms with E-state index in [9.17, 15) is 14.9 Å². The van der Waals surface area contributed by atoms with Crippen molar-refractivity contribution in [3.63, 3.8) is 0 Å². The minimum Gasteiger partial charge on any atom is -0.267 e. The van der Waals surface area contributed by atoms with Gasteiger partial charge in [0.25, 0.3) is 11.6 Å². The Kier molecular flexibility index (Phi) is 4.13. The lowest BCUT2D eigenvalue weighted by Crippen LogP contribution is -2.17. The lowest BCUT2D eigenvalue weighted by molar-refractivity contribution is -0.385. The number of aromatic nitrogens is 1. The van der Waals surface area contributed by atoms with Gasteiger partial charge in [0.15, 0.2) is 0 Å². The third-order valence-corrected chi connectivity index (χ3v) is 2.43. The van der Waals surface area contributed by atoms with E-state index in [2.05, 4.69) is 15.5 Å². The minimum atomic E-state index is -0.510. The maximum Gasteiger partial charge on any atom is 0.278 e. The van der Waals surface area contributed by atoms with Crippen molar-refractivity contribution >= 4 is 17.8 Å². The Morgan fingerprint density at radius 3 is 2.80 bits per heavy atom. The Bertz CT molecular complexity index is 656. The molecule has 0 radical (unpaired) electrons. The number of para-hydroxylation sites is 1. The minimum absolute atomic E-state index is 0.0770. The summed E-state index contributed by atoms with van der Waals surface area (Å²) in [7, 11) is 0. The molecule has 0 saturated carbocycles. The molecule has 1 amide bonds. The lowest BCUT2D eigenvalue weighted by atomic mass is 10.2. The summed E-state index contributed by atoms with van der Waals surface area (Å²) in [6.45, 7) is 0. The number of nitrogens with zero attached hydrogens (tertiary/aromatic N) is 3. The lowest BCUT2D eigenvalue weighted by Gasteiger charge is -1.99. The molecule has 0 spiro atoms. The van der Waals surface area contributed by atoms with E-state index in [1.54, 1.807) is 30.5 Å². The van der Waals surface area contributed by atoms with E-state index in [0.717, 1.165) is 0 Å². The van der Waals surface area contributed by atoms with Gasteiger partial charge in [0, 0.05) is 18.5 Å². The van der Waals surface area contributed by atoms with Crippen LogP contribution in [-0.2, 0) is 0 Å². The summed E-state index contributed by atoms with van der Waals surface area (Å²) in [5.41, 5.74) is 2.87. The molecule has 2 aromatic rings. The number of nitro benzene ring substituents is 1. The van der Waals surface area contributed by atoms with E-state index in [0.29, 0.717) is 11.1 Å². The van der Waals surface area contributed by atoms with E-state index in [1.807, 2.05) is 0 Å². The van der Waals surface area contributed by atoms with Gasteiger partial charge in [-0.2, -0.15) is 5.10 Å². The summed E-state index contributed by atoms with van der Waals surface area (Å²) >= 11 is 0. The van der Waals surface area contributed by atoms with Crippen LogP contribution in [0, 0.1) is 10.1 Å². The topological polar surface area (TPSA) is 97.5 Å². The van der Waals surface area contributed by atoms with Crippen LogP contribution in [0.25, 0.3) is 0 Å². The molecule has 1 heterocycles. The number of pyridine rings is 1. The molecule has 7 nitrogen and oxygen atoms in total. The monoisotopic (exact) mass is 270 g/mol. The summed E-state index contributed by atoms with van der Waals surface area (Å²) < 4.78 is 0. The summed E-state index contributed by atoms with van der Waals surface area (Å²) in [5.74, 6) is -0.437. The number of hydrazone groups is 1. The predicted octanol–water partition coefficient (Wildman–Crippen LogP) is 1.75. The standard InChI is InChI=1S/C13H10N4O3/c18-13(11-5-3-7-14-8-11)16-15-9-10-4-1-2-6-12(10)17(19)20/h1-9H,(H,16,18). The Morgan fingerprint density at radius 2 is 2.10 bits per heavy atom. The zero-order valence-electron chi connectivity index (χ0n) is 10.3. The van der Waals surface area contributed by atoms with Gasteiger partial charge in [-0.3, -0.25) is 19.9 Å². The van der Waals surface area contributed by atoms with Crippen LogP contribution in [-0.4, -0.2) is 22.0 Å². The quantitative estimate of drug-likeness (QED) is 0.520.